The van der Waals surface area contributed by atoms with Gasteiger partial charge in [0.2, 0.25) is 0 Å². The number of hydrogen-bond donors (Lipinski definition) is 2. The first-order valence-electron chi connectivity index (χ1n) is 9.38. The Morgan fingerprint density at radius 3 is 2.57 bits per heavy atom. The molecule has 1 aromatic carbocycles. The van der Waals surface area contributed by atoms with Crippen molar-refractivity contribution in [2.24, 2.45) is 5.73 Å². The van der Waals surface area contributed by atoms with E-state index >= 15 is 0 Å². The van der Waals surface area contributed by atoms with Gasteiger partial charge in [0.05, 0.1) is 12.6 Å². The van der Waals surface area contributed by atoms with Gasteiger partial charge in [-0.3, -0.25) is 19.5 Å². The predicted molar refractivity (Wildman–Crippen MR) is 101 cm³/mol. The number of hydrogen-bond acceptors (Lipinski definition) is 5. The van der Waals surface area contributed by atoms with Crippen molar-refractivity contribution >= 4 is 11.8 Å². The summed E-state index contributed by atoms with van der Waals surface area (Å²) in [5.74, 6) is -4.68. The number of amides is 2. The second kappa shape index (κ2) is 7.62. The third-order valence-electron chi connectivity index (χ3n) is 5.45. The average Bonchev–Trinajstić information content (AvgIpc) is 3.02. The molecular formula is C20H20F3N5O2. The van der Waals surface area contributed by atoms with Crippen LogP contribution >= 0.6 is 0 Å². The molecule has 0 aromatic heterocycles. The highest BCUT2D eigenvalue weighted by molar-refractivity contribution is 6.18. The Morgan fingerprint density at radius 2 is 1.97 bits per heavy atom. The zero-order chi connectivity index (χ0) is 21.6. The predicted octanol–water partition coefficient (Wildman–Crippen LogP) is 1.11. The monoisotopic (exact) mass is 419 g/mol. The van der Waals surface area contributed by atoms with E-state index in [-0.39, 0.29) is 11.6 Å². The van der Waals surface area contributed by atoms with Crippen LogP contribution in [0.2, 0.25) is 0 Å². The molecule has 1 atom stereocenters. The average molecular weight is 419 g/mol. The normalized spacial score (nSPS) is 21.9. The Hall–Kier alpha value is -3.11. The van der Waals surface area contributed by atoms with E-state index in [9.17, 15) is 22.8 Å². The molecule has 1 aromatic rings. The maximum absolute atomic E-state index is 14.3. The van der Waals surface area contributed by atoms with Crippen LogP contribution in [0.1, 0.15) is 12.0 Å². The first kappa shape index (κ1) is 20.2. The van der Waals surface area contributed by atoms with E-state index in [0.717, 1.165) is 23.4 Å². The van der Waals surface area contributed by atoms with Crippen LogP contribution in [0.5, 0.6) is 0 Å². The summed E-state index contributed by atoms with van der Waals surface area (Å²) in [5.41, 5.74) is 5.67. The fourth-order valence-corrected chi connectivity index (χ4v) is 3.88. The molecule has 0 bridgehead atoms. The molecule has 3 aliphatic heterocycles. The van der Waals surface area contributed by atoms with Gasteiger partial charge in [0, 0.05) is 37.5 Å². The zero-order valence-electron chi connectivity index (χ0n) is 16.2. The molecule has 10 heteroatoms. The molecule has 0 aliphatic carbocycles. The number of primary amides is 1. The number of carbonyl (C=O) groups is 2. The third kappa shape index (κ3) is 3.37. The topological polar surface area (TPSA) is 81.9 Å². The van der Waals surface area contributed by atoms with Crippen LogP contribution in [0.3, 0.4) is 0 Å². The summed E-state index contributed by atoms with van der Waals surface area (Å²) in [6.07, 6.45) is 5.95. The van der Waals surface area contributed by atoms with E-state index in [1.807, 2.05) is 11.1 Å². The lowest BCUT2D eigenvalue weighted by atomic mass is 10.0. The van der Waals surface area contributed by atoms with Crippen molar-refractivity contribution in [3.8, 4) is 0 Å². The molecule has 30 heavy (non-hydrogen) atoms. The number of likely N-dealkylation sites (N-methyl/N-ethyl adjacent to an activating group) is 1. The minimum atomic E-state index is -1.12. The Balaban J connectivity index is 1.76. The number of nitrogens with one attached hydrogen (secondary N) is 1. The summed E-state index contributed by atoms with van der Waals surface area (Å²) in [6, 6.07) is 0.893. The maximum atomic E-state index is 14.3. The third-order valence-corrected chi connectivity index (χ3v) is 5.45. The summed E-state index contributed by atoms with van der Waals surface area (Å²) in [5, 5.41) is 6.60. The highest BCUT2D eigenvalue weighted by Gasteiger charge is 2.41. The fourth-order valence-electron chi connectivity index (χ4n) is 3.88. The van der Waals surface area contributed by atoms with Crippen molar-refractivity contribution in [1.82, 2.24) is 20.2 Å². The van der Waals surface area contributed by atoms with Crippen LogP contribution < -0.4 is 11.1 Å². The van der Waals surface area contributed by atoms with Gasteiger partial charge in [-0.25, -0.2) is 18.2 Å². The molecule has 4 rings (SSSR count). The second-order valence-electron chi connectivity index (χ2n) is 7.27. The van der Waals surface area contributed by atoms with Gasteiger partial charge in [0.15, 0.2) is 0 Å². The minimum Gasteiger partial charge on any atom is -0.365 e. The number of nitrogens with two attached hydrogens (primary N) is 1. The number of fused-ring (bicyclic) bond motifs is 1. The van der Waals surface area contributed by atoms with Crippen LogP contribution in [0, 0.1) is 17.5 Å². The molecule has 0 fully saturated rings. The summed E-state index contributed by atoms with van der Waals surface area (Å²) < 4.78 is 41.8. The summed E-state index contributed by atoms with van der Waals surface area (Å²) in [7, 11) is 1.78. The number of rotatable bonds is 4. The van der Waals surface area contributed by atoms with Crippen LogP contribution in [-0.2, 0) is 16.1 Å². The van der Waals surface area contributed by atoms with E-state index < -0.39 is 41.4 Å². The van der Waals surface area contributed by atoms with E-state index in [2.05, 4.69) is 5.32 Å². The molecule has 3 N–H and O–H groups in total. The molecule has 0 radical (unpaired) electrons. The Labute approximate surface area is 170 Å². The number of benzene rings is 1. The molecule has 0 spiro atoms. The maximum Gasteiger partial charge on any atom is 0.266 e. The lowest BCUT2D eigenvalue weighted by Crippen LogP contribution is -2.48. The van der Waals surface area contributed by atoms with Crippen molar-refractivity contribution in [2.45, 2.75) is 19.0 Å². The Kier molecular flexibility index (Phi) is 5.12. The number of nitrogens with zero attached hydrogens (tertiary/aromatic N) is 3. The zero-order valence-corrected chi connectivity index (χ0v) is 16.2. The van der Waals surface area contributed by atoms with Crippen molar-refractivity contribution in [3.05, 3.63) is 70.5 Å². The molecule has 3 aliphatic rings. The highest BCUT2D eigenvalue weighted by atomic mass is 19.1. The summed E-state index contributed by atoms with van der Waals surface area (Å²) in [6.45, 7) is 0.987. The standard InChI is InChI=1S/C20H20F3N5O2/c1-26-17(11-2-4-25-5-3-11)8-18-27(20(30)14(19(24)29)10-28(18)26)9-13-15(22)6-12(21)7-16(13)23/h2,6-8,10,17,25H,3-5,9H2,1H3,(H2,24,29). The molecule has 3 heterocycles. The molecule has 158 valence electrons. The van der Waals surface area contributed by atoms with Crippen LogP contribution in [0.4, 0.5) is 13.2 Å². The van der Waals surface area contributed by atoms with Crippen LogP contribution in [0.15, 0.2) is 47.5 Å². The van der Waals surface area contributed by atoms with Gasteiger partial charge in [-0.15, -0.1) is 0 Å². The van der Waals surface area contributed by atoms with Crippen molar-refractivity contribution in [1.29, 1.82) is 0 Å². The lowest BCUT2D eigenvalue weighted by molar-refractivity contribution is -0.132. The number of halogens is 3. The van der Waals surface area contributed by atoms with E-state index in [0.29, 0.717) is 24.5 Å². The first-order valence-corrected chi connectivity index (χ1v) is 9.38. The minimum absolute atomic E-state index is 0.205. The quantitative estimate of drug-likeness (QED) is 0.565. The molecule has 2 amide bonds. The van der Waals surface area contributed by atoms with Crippen LogP contribution in [0.25, 0.3) is 0 Å². The molecular weight excluding hydrogens is 399 g/mol. The number of hydrazine groups is 1. The smallest absolute Gasteiger partial charge is 0.266 e. The fraction of sp³-hybridized carbons (Fsp3) is 0.300. The highest BCUT2D eigenvalue weighted by Crippen LogP contribution is 2.35. The van der Waals surface area contributed by atoms with Gasteiger partial charge in [0.1, 0.15) is 28.8 Å². The van der Waals surface area contributed by atoms with Crippen molar-refractivity contribution in [3.63, 3.8) is 0 Å². The van der Waals surface area contributed by atoms with Crippen molar-refractivity contribution in [2.75, 3.05) is 20.1 Å². The van der Waals surface area contributed by atoms with E-state index in [1.165, 1.54) is 6.20 Å². The van der Waals surface area contributed by atoms with Gasteiger partial charge in [-0.2, -0.15) is 0 Å². The number of carbonyl (C=O) groups excluding carboxylic acids is 2. The van der Waals surface area contributed by atoms with Crippen LogP contribution in [-0.4, -0.2) is 52.9 Å². The van der Waals surface area contributed by atoms with Gasteiger partial charge in [-0.1, -0.05) is 6.08 Å². The molecule has 7 nitrogen and oxygen atoms in total. The largest absolute Gasteiger partial charge is 0.365 e. The molecule has 1 unspecified atom stereocenters. The van der Waals surface area contributed by atoms with Gasteiger partial charge >= 0.3 is 0 Å². The second-order valence-corrected chi connectivity index (χ2v) is 7.27. The van der Waals surface area contributed by atoms with E-state index in [4.69, 9.17) is 5.73 Å². The Morgan fingerprint density at radius 1 is 1.27 bits per heavy atom. The lowest BCUT2D eigenvalue weighted by Gasteiger charge is -2.38. The SMILES string of the molecule is CN1C(C2=CCNCC2)C=C2N(Cc3c(F)cc(F)cc3F)C(=O)C(C(N)=O)=CN21. The van der Waals surface area contributed by atoms with E-state index in [1.54, 1.807) is 18.1 Å². The summed E-state index contributed by atoms with van der Waals surface area (Å²) in [4.78, 5) is 25.8. The summed E-state index contributed by atoms with van der Waals surface area (Å²) >= 11 is 0. The van der Waals surface area contributed by atoms with Gasteiger partial charge in [-0.05, 0) is 24.6 Å². The molecule has 0 saturated carbocycles. The Bertz CT molecular complexity index is 997. The molecule has 0 saturated heterocycles. The van der Waals surface area contributed by atoms with Gasteiger partial charge in [0.25, 0.3) is 11.8 Å². The van der Waals surface area contributed by atoms with Crippen molar-refractivity contribution < 1.29 is 22.8 Å². The first-order chi connectivity index (χ1) is 14.3. The van der Waals surface area contributed by atoms with Gasteiger partial charge < -0.3 is 11.1 Å².